The van der Waals surface area contributed by atoms with Crippen molar-refractivity contribution in [3.8, 4) is 11.3 Å². The number of carbonyl (C=O) groups excluding carboxylic acids is 1. The van der Waals surface area contributed by atoms with Crippen molar-refractivity contribution >= 4 is 29.5 Å². The first kappa shape index (κ1) is 13.9. The van der Waals surface area contributed by atoms with Crippen LogP contribution in [0.5, 0.6) is 0 Å². The van der Waals surface area contributed by atoms with Gasteiger partial charge in [0.05, 0.1) is 21.4 Å². The lowest BCUT2D eigenvalue weighted by atomic mass is 10.1. The Labute approximate surface area is 119 Å². The summed E-state index contributed by atoms with van der Waals surface area (Å²) in [6.07, 6.45) is 2.47. The van der Waals surface area contributed by atoms with E-state index in [0.717, 1.165) is 6.07 Å². The molecule has 0 aliphatic carbocycles. The molecule has 0 amide bonds. The molecule has 0 atom stereocenters. The SMILES string of the molecule is CCc1ncnc(-c2cc(C=O)c(Cl)cc2F)c1Cl. The minimum atomic E-state index is -0.585. The Morgan fingerprint density at radius 1 is 1.32 bits per heavy atom. The summed E-state index contributed by atoms with van der Waals surface area (Å²) >= 11 is 11.9. The molecule has 0 N–H and O–H groups in total. The van der Waals surface area contributed by atoms with Gasteiger partial charge >= 0.3 is 0 Å². The molecule has 0 fully saturated rings. The summed E-state index contributed by atoms with van der Waals surface area (Å²) < 4.78 is 13.9. The zero-order chi connectivity index (χ0) is 14.0. The Morgan fingerprint density at radius 2 is 2.05 bits per heavy atom. The van der Waals surface area contributed by atoms with Gasteiger partial charge < -0.3 is 0 Å². The Kier molecular flexibility index (Phi) is 4.12. The molecule has 0 unspecified atom stereocenters. The van der Waals surface area contributed by atoms with E-state index in [0.29, 0.717) is 18.4 Å². The molecule has 1 heterocycles. The van der Waals surface area contributed by atoms with Crippen molar-refractivity contribution in [3.63, 3.8) is 0 Å². The minimum Gasteiger partial charge on any atom is -0.298 e. The number of benzene rings is 1. The number of carbonyl (C=O) groups is 1. The zero-order valence-corrected chi connectivity index (χ0v) is 11.5. The molecule has 0 radical (unpaired) electrons. The van der Waals surface area contributed by atoms with Gasteiger partial charge in [-0.15, -0.1) is 0 Å². The summed E-state index contributed by atoms with van der Waals surface area (Å²) in [6.45, 7) is 1.88. The van der Waals surface area contributed by atoms with E-state index < -0.39 is 5.82 Å². The van der Waals surface area contributed by atoms with Gasteiger partial charge in [0.25, 0.3) is 0 Å². The minimum absolute atomic E-state index is 0.0529. The quantitative estimate of drug-likeness (QED) is 0.806. The second-order valence-corrected chi connectivity index (χ2v) is 4.59. The molecule has 1 aromatic heterocycles. The summed E-state index contributed by atoms with van der Waals surface area (Å²) in [5.74, 6) is -0.585. The number of aryl methyl sites for hydroxylation is 1. The van der Waals surface area contributed by atoms with E-state index in [1.165, 1.54) is 12.4 Å². The Hall–Kier alpha value is -1.52. The predicted octanol–water partition coefficient (Wildman–Crippen LogP) is 3.96. The van der Waals surface area contributed by atoms with Gasteiger partial charge in [-0.25, -0.2) is 14.4 Å². The lowest BCUT2D eigenvalue weighted by Gasteiger charge is -2.09. The molecule has 19 heavy (non-hydrogen) atoms. The molecule has 98 valence electrons. The van der Waals surface area contributed by atoms with Gasteiger partial charge in [-0.1, -0.05) is 30.1 Å². The first-order valence-electron chi connectivity index (χ1n) is 5.52. The zero-order valence-electron chi connectivity index (χ0n) is 9.95. The van der Waals surface area contributed by atoms with E-state index in [2.05, 4.69) is 9.97 Å². The van der Waals surface area contributed by atoms with Gasteiger partial charge in [-0.2, -0.15) is 0 Å². The van der Waals surface area contributed by atoms with Crippen molar-refractivity contribution in [2.45, 2.75) is 13.3 Å². The first-order chi connectivity index (χ1) is 9.08. The van der Waals surface area contributed by atoms with Gasteiger partial charge in [0, 0.05) is 11.1 Å². The van der Waals surface area contributed by atoms with Crippen LogP contribution in [0.25, 0.3) is 11.3 Å². The standard InChI is InChI=1S/C13H9Cl2FN2O/c1-2-11-12(15)13(18-6-17-11)8-3-7(5-19)9(14)4-10(8)16/h3-6H,2H2,1H3. The first-order valence-corrected chi connectivity index (χ1v) is 6.28. The normalized spacial score (nSPS) is 10.5. The largest absolute Gasteiger partial charge is 0.298 e. The fourth-order valence-corrected chi connectivity index (χ4v) is 2.21. The highest BCUT2D eigenvalue weighted by molar-refractivity contribution is 6.34. The molecule has 0 bridgehead atoms. The molecule has 0 spiro atoms. The molecular formula is C13H9Cl2FN2O. The lowest BCUT2D eigenvalue weighted by Crippen LogP contribution is -1.97. The summed E-state index contributed by atoms with van der Waals surface area (Å²) in [6, 6.07) is 2.41. The number of hydrogen-bond donors (Lipinski definition) is 0. The van der Waals surface area contributed by atoms with Crippen molar-refractivity contribution in [2.24, 2.45) is 0 Å². The van der Waals surface area contributed by atoms with Gasteiger partial charge in [0.1, 0.15) is 12.1 Å². The highest BCUT2D eigenvalue weighted by atomic mass is 35.5. The average molecular weight is 299 g/mol. The summed E-state index contributed by atoms with van der Waals surface area (Å²) in [7, 11) is 0. The molecule has 6 heteroatoms. The molecule has 1 aromatic carbocycles. The van der Waals surface area contributed by atoms with Gasteiger partial charge in [0.2, 0.25) is 0 Å². The Morgan fingerprint density at radius 3 is 2.68 bits per heavy atom. The van der Waals surface area contributed by atoms with Crippen LogP contribution in [0.1, 0.15) is 23.0 Å². The third-order valence-corrected chi connectivity index (χ3v) is 3.39. The maximum atomic E-state index is 13.9. The number of rotatable bonds is 3. The molecule has 3 nitrogen and oxygen atoms in total. The number of nitrogens with zero attached hydrogens (tertiary/aromatic N) is 2. The van der Waals surface area contributed by atoms with Crippen LogP contribution in [0.2, 0.25) is 10.0 Å². The van der Waals surface area contributed by atoms with Crippen molar-refractivity contribution in [1.29, 1.82) is 0 Å². The van der Waals surface area contributed by atoms with Crippen molar-refractivity contribution in [3.05, 3.63) is 45.6 Å². The van der Waals surface area contributed by atoms with Crippen molar-refractivity contribution in [1.82, 2.24) is 9.97 Å². The van der Waals surface area contributed by atoms with E-state index in [1.54, 1.807) is 0 Å². The Balaban J connectivity index is 2.68. The summed E-state index contributed by atoms with van der Waals surface area (Å²) in [4.78, 5) is 18.9. The van der Waals surface area contributed by atoms with Gasteiger partial charge in [-0.05, 0) is 18.6 Å². The maximum Gasteiger partial charge on any atom is 0.151 e. The number of aromatic nitrogens is 2. The number of hydrogen-bond acceptors (Lipinski definition) is 3. The molecule has 0 aliphatic rings. The molecule has 0 saturated heterocycles. The average Bonchev–Trinajstić information content (AvgIpc) is 2.40. The van der Waals surface area contributed by atoms with Crippen LogP contribution < -0.4 is 0 Å². The third kappa shape index (κ3) is 2.60. The Bertz CT molecular complexity index is 647. The van der Waals surface area contributed by atoms with Crippen LogP contribution in [0, 0.1) is 5.82 Å². The monoisotopic (exact) mass is 298 g/mol. The van der Waals surface area contributed by atoms with E-state index in [-0.39, 0.29) is 26.9 Å². The van der Waals surface area contributed by atoms with E-state index in [1.807, 2.05) is 6.92 Å². The van der Waals surface area contributed by atoms with Crippen LogP contribution in [0.4, 0.5) is 4.39 Å². The molecule has 0 saturated carbocycles. The number of halogens is 3. The fraction of sp³-hybridized carbons (Fsp3) is 0.154. The van der Waals surface area contributed by atoms with Crippen molar-refractivity contribution in [2.75, 3.05) is 0 Å². The third-order valence-electron chi connectivity index (χ3n) is 2.67. The smallest absolute Gasteiger partial charge is 0.151 e. The van der Waals surface area contributed by atoms with Crippen LogP contribution in [0.15, 0.2) is 18.5 Å². The molecule has 2 rings (SSSR count). The molecular weight excluding hydrogens is 290 g/mol. The maximum absolute atomic E-state index is 13.9. The van der Waals surface area contributed by atoms with Crippen LogP contribution in [-0.4, -0.2) is 16.3 Å². The number of aldehydes is 1. The van der Waals surface area contributed by atoms with Gasteiger partial charge in [0.15, 0.2) is 6.29 Å². The van der Waals surface area contributed by atoms with E-state index in [9.17, 15) is 9.18 Å². The second-order valence-electron chi connectivity index (χ2n) is 3.81. The predicted molar refractivity (Wildman–Crippen MR) is 72.2 cm³/mol. The summed E-state index contributed by atoms with van der Waals surface area (Å²) in [5, 5.41) is 0.334. The second kappa shape index (κ2) is 5.63. The van der Waals surface area contributed by atoms with Crippen molar-refractivity contribution < 1.29 is 9.18 Å². The topological polar surface area (TPSA) is 42.9 Å². The molecule has 0 aliphatic heterocycles. The van der Waals surface area contributed by atoms with Gasteiger partial charge in [-0.3, -0.25) is 4.79 Å². The molecule has 2 aromatic rings. The van der Waals surface area contributed by atoms with E-state index >= 15 is 0 Å². The summed E-state index contributed by atoms with van der Waals surface area (Å²) in [5.41, 5.74) is 1.19. The van der Waals surface area contributed by atoms with Crippen LogP contribution in [-0.2, 0) is 6.42 Å². The van der Waals surface area contributed by atoms with Crippen LogP contribution in [0.3, 0.4) is 0 Å². The van der Waals surface area contributed by atoms with Crippen LogP contribution >= 0.6 is 23.2 Å². The van der Waals surface area contributed by atoms with E-state index in [4.69, 9.17) is 23.2 Å². The fourth-order valence-electron chi connectivity index (χ4n) is 1.68. The highest BCUT2D eigenvalue weighted by Gasteiger charge is 2.16. The lowest BCUT2D eigenvalue weighted by molar-refractivity contribution is 0.112. The highest BCUT2D eigenvalue weighted by Crippen LogP contribution is 2.32.